The number of carbonyl (C=O) groups is 1. The van der Waals surface area contributed by atoms with Gasteiger partial charge in [0.25, 0.3) is 5.91 Å². The molecule has 1 amide bonds. The van der Waals surface area contributed by atoms with Crippen molar-refractivity contribution in [3.63, 3.8) is 0 Å². The second-order valence-corrected chi connectivity index (χ2v) is 7.10. The van der Waals surface area contributed by atoms with E-state index in [4.69, 9.17) is 14.2 Å². The van der Waals surface area contributed by atoms with Gasteiger partial charge in [0, 0.05) is 30.1 Å². The lowest BCUT2D eigenvalue weighted by molar-refractivity contribution is -0.136. The van der Waals surface area contributed by atoms with Crippen LogP contribution in [0.15, 0.2) is 61.2 Å². The van der Waals surface area contributed by atoms with Crippen LogP contribution in [0.3, 0.4) is 0 Å². The average molecular weight is 405 g/mol. The number of methoxy groups -OCH3 is 1. The lowest BCUT2D eigenvalue weighted by Gasteiger charge is -2.26. The van der Waals surface area contributed by atoms with Crippen molar-refractivity contribution >= 4 is 5.91 Å². The van der Waals surface area contributed by atoms with Crippen LogP contribution in [0.4, 0.5) is 0 Å². The average Bonchev–Trinajstić information content (AvgIpc) is 2.97. The Hall–Kier alpha value is -3.61. The first-order chi connectivity index (χ1) is 14.6. The van der Waals surface area contributed by atoms with Gasteiger partial charge >= 0.3 is 0 Å². The van der Waals surface area contributed by atoms with Crippen LogP contribution in [0.5, 0.6) is 17.2 Å². The van der Waals surface area contributed by atoms with Crippen LogP contribution in [0.1, 0.15) is 12.5 Å². The molecule has 2 aromatic carbocycles. The highest BCUT2D eigenvalue weighted by Crippen LogP contribution is 2.30. The van der Waals surface area contributed by atoms with Crippen LogP contribution in [0.25, 0.3) is 11.1 Å². The van der Waals surface area contributed by atoms with Crippen molar-refractivity contribution in [2.45, 2.75) is 19.5 Å². The Balaban J connectivity index is 1.49. The van der Waals surface area contributed by atoms with Gasteiger partial charge in [0.1, 0.15) is 30.2 Å². The van der Waals surface area contributed by atoms with Crippen LogP contribution >= 0.6 is 0 Å². The van der Waals surface area contributed by atoms with Crippen LogP contribution < -0.4 is 14.2 Å². The number of aromatic nitrogens is 2. The summed E-state index contributed by atoms with van der Waals surface area (Å²) in [6, 6.07) is 13.0. The van der Waals surface area contributed by atoms with Gasteiger partial charge in [-0.05, 0) is 48.9 Å². The van der Waals surface area contributed by atoms with E-state index in [1.807, 2.05) is 25.1 Å². The van der Waals surface area contributed by atoms with Crippen molar-refractivity contribution < 1.29 is 19.0 Å². The number of nitrogens with zero attached hydrogens (tertiary/aromatic N) is 3. The van der Waals surface area contributed by atoms with Crippen molar-refractivity contribution in [2.75, 3.05) is 20.3 Å². The van der Waals surface area contributed by atoms with E-state index >= 15 is 0 Å². The van der Waals surface area contributed by atoms with Gasteiger partial charge in [-0.2, -0.15) is 0 Å². The van der Waals surface area contributed by atoms with Crippen molar-refractivity contribution in [1.82, 2.24) is 14.9 Å². The summed E-state index contributed by atoms with van der Waals surface area (Å²) < 4.78 is 16.8. The minimum Gasteiger partial charge on any atom is -0.497 e. The van der Waals surface area contributed by atoms with E-state index in [1.54, 1.807) is 48.7 Å². The smallest absolute Gasteiger partial charge is 0.261 e. The van der Waals surface area contributed by atoms with Gasteiger partial charge in [0.05, 0.1) is 13.2 Å². The second kappa shape index (κ2) is 8.82. The monoisotopic (exact) mass is 405 g/mol. The molecule has 3 aromatic rings. The van der Waals surface area contributed by atoms with E-state index in [-0.39, 0.29) is 18.6 Å². The fourth-order valence-corrected chi connectivity index (χ4v) is 3.35. The molecule has 0 aliphatic carbocycles. The van der Waals surface area contributed by atoms with E-state index in [2.05, 4.69) is 9.97 Å². The number of hydrogen-bond donors (Lipinski definition) is 0. The lowest BCUT2D eigenvalue weighted by Crippen LogP contribution is -2.42. The summed E-state index contributed by atoms with van der Waals surface area (Å²) in [5.41, 5.74) is 2.84. The molecule has 0 saturated heterocycles. The number of fused-ring (bicyclic) bond motifs is 1. The van der Waals surface area contributed by atoms with E-state index in [1.165, 1.54) is 6.33 Å². The number of rotatable bonds is 5. The maximum atomic E-state index is 12.9. The fourth-order valence-electron chi connectivity index (χ4n) is 3.35. The molecule has 0 bridgehead atoms. The van der Waals surface area contributed by atoms with E-state index < -0.39 is 0 Å². The molecule has 0 N–H and O–H groups in total. The Morgan fingerprint density at radius 1 is 1.10 bits per heavy atom. The predicted octanol–water partition coefficient (Wildman–Crippen LogP) is 3.34. The minimum atomic E-state index is -0.0942. The Kier molecular flexibility index (Phi) is 5.79. The summed E-state index contributed by atoms with van der Waals surface area (Å²) in [6.07, 6.45) is 5.03. The molecule has 0 spiro atoms. The van der Waals surface area contributed by atoms with Gasteiger partial charge in [-0.3, -0.25) is 4.79 Å². The van der Waals surface area contributed by atoms with Crippen LogP contribution in [-0.4, -0.2) is 47.1 Å². The molecule has 2 heterocycles. The standard InChI is InChI=1S/C23H23N3O4/c1-16-13-30-22-8-3-17(19-10-24-15-25-11-19)9-18(22)12-26(16)23(27)14-29-21-6-4-20(28-2)5-7-21/h3-11,15-16H,12-14H2,1-2H3/t16-/m0/s1. The third-order valence-electron chi connectivity index (χ3n) is 5.05. The van der Waals surface area contributed by atoms with Crippen LogP contribution in [0, 0.1) is 0 Å². The lowest BCUT2D eigenvalue weighted by atomic mass is 10.0. The molecule has 1 aliphatic rings. The van der Waals surface area contributed by atoms with Crippen molar-refractivity contribution in [3.05, 3.63) is 66.7 Å². The van der Waals surface area contributed by atoms with Gasteiger partial charge in [-0.25, -0.2) is 9.97 Å². The second-order valence-electron chi connectivity index (χ2n) is 7.10. The molecular formula is C23H23N3O4. The first kappa shape index (κ1) is 19.7. The highest BCUT2D eigenvalue weighted by molar-refractivity contribution is 5.78. The normalized spacial score (nSPS) is 15.5. The quantitative estimate of drug-likeness (QED) is 0.648. The van der Waals surface area contributed by atoms with E-state index in [9.17, 15) is 4.79 Å². The Morgan fingerprint density at radius 3 is 2.57 bits per heavy atom. The highest BCUT2D eigenvalue weighted by Gasteiger charge is 2.26. The van der Waals surface area contributed by atoms with Crippen LogP contribution in [0.2, 0.25) is 0 Å². The third-order valence-corrected chi connectivity index (χ3v) is 5.05. The Bertz CT molecular complexity index is 1010. The molecule has 1 aliphatic heterocycles. The van der Waals surface area contributed by atoms with Gasteiger partial charge in [-0.1, -0.05) is 6.07 Å². The zero-order valence-corrected chi connectivity index (χ0v) is 16.9. The number of ether oxygens (including phenoxy) is 3. The molecule has 30 heavy (non-hydrogen) atoms. The zero-order valence-electron chi connectivity index (χ0n) is 16.9. The Labute approximate surface area is 175 Å². The SMILES string of the molecule is COc1ccc(OCC(=O)N2Cc3cc(-c4cncnc4)ccc3OC[C@@H]2C)cc1. The molecule has 7 nitrogen and oxygen atoms in total. The maximum Gasteiger partial charge on any atom is 0.261 e. The zero-order chi connectivity index (χ0) is 20.9. The predicted molar refractivity (Wildman–Crippen MR) is 111 cm³/mol. The number of benzene rings is 2. The molecular weight excluding hydrogens is 382 g/mol. The third kappa shape index (κ3) is 4.35. The number of hydrogen-bond acceptors (Lipinski definition) is 6. The summed E-state index contributed by atoms with van der Waals surface area (Å²) in [7, 11) is 1.61. The molecule has 7 heteroatoms. The summed E-state index contributed by atoms with van der Waals surface area (Å²) in [5.74, 6) is 2.05. The van der Waals surface area contributed by atoms with Crippen molar-refractivity contribution in [1.29, 1.82) is 0 Å². The molecule has 4 rings (SSSR count). The number of carbonyl (C=O) groups excluding carboxylic acids is 1. The van der Waals surface area contributed by atoms with Gasteiger partial charge in [0.2, 0.25) is 0 Å². The summed E-state index contributed by atoms with van der Waals surface area (Å²) >= 11 is 0. The maximum absolute atomic E-state index is 12.9. The molecule has 0 saturated carbocycles. The van der Waals surface area contributed by atoms with Gasteiger partial charge < -0.3 is 19.1 Å². The summed E-state index contributed by atoms with van der Waals surface area (Å²) in [4.78, 5) is 22.9. The molecule has 0 radical (unpaired) electrons. The van der Waals surface area contributed by atoms with E-state index in [0.717, 1.165) is 28.2 Å². The van der Waals surface area contributed by atoms with Crippen molar-refractivity contribution in [3.8, 4) is 28.4 Å². The molecule has 154 valence electrons. The largest absolute Gasteiger partial charge is 0.497 e. The topological polar surface area (TPSA) is 73.8 Å². The number of amides is 1. The molecule has 0 unspecified atom stereocenters. The van der Waals surface area contributed by atoms with Gasteiger partial charge in [-0.15, -0.1) is 0 Å². The molecule has 1 atom stereocenters. The van der Waals surface area contributed by atoms with Gasteiger partial charge in [0.15, 0.2) is 6.61 Å². The molecule has 0 fully saturated rings. The first-order valence-corrected chi connectivity index (χ1v) is 9.71. The summed E-state index contributed by atoms with van der Waals surface area (Å²) in [6.45, 7) is 2.80. The fraction of sp³-hybridized carbons (Fsp3) is 0.261. The van der Waals surface area contributed by atoms with Crippen LogP contribution in [-0.2, 0) is 11.3 Å². The molecule has 1 aromatic heterocycles. The Morgan fingerprint density at radius 2 is 1.83 bits per heavy atom. The first-order valence-electron chi connectivity index (χ1n) is 9.71. The minimum absolute atomic E-state index is 0.0434. The van der Waals surface area contributed by atoms with E-state index in [0.29, 0.717) is 18.9 Å². The highest BCUT2D eigenvalue weighted by atomic mass is 16.5. The summed E-state index contributed by atoms with van der Waals surface area (Å²) in [5, 5.41) is 0. The van der Waals surface area contributed by atoms with Crippen molar-refractivity contribution in [2.24, 2.45) is 0 Å².